The summed E-state index contributed by atoms with van der Waals surface area (Å²) in [7, 11) is 0. The summed E-state index contributed by atoms with van der Waals surface area (Å²) in [6.07, 6.45) is 1.67. The van der Waals surface area contributed by atoms with E-state index in [1.54, 1.807) is 12.1 Å². The van der Waals surface area contributed by atoms with Crippen LogP contribution in [0.25, 0.3) is 0 Å². The van der Waals surface area contributed by atoms with E-state index in [4.69, 9.17) is 5.11 Å². The van der Waals surface area contributed by atoms with E-state index in [1.165, 1.54) is 6.07 Å². The molecule has 2 nitrogen and oxygen atoms in total. The second kappa shape index (κ2) is 6.61. The molecule has 0 aromatic heterocycles. The van der Waals surface area contributed by atoms with Crippen molar-refractivity contribution in [2.45, 2.75) is 38.8 Å². The lowest BCUT2D eigenvalue weighted by Gasteiger charge is -2.20. The van der Waals surface area contributed by atoms with Crippen LogP contribution in [0.1, 0.15) is 38.3 Å². The summed E-state index contributed by atoms with van der Waals surface area (Å²) in [6.45, 7) is 4.21. The first-order chi connectivity index (χ1) is 7.65. The zero-order chi connectivity index (χ0) is 12.0. The molecule has 16 heavy (non-hydrogen) atoms. The fourth-order valence-corrected chi connectivity index (χ4v) is 1.82. The molecule has 90 valence electrons. The van der Waals surface area contributed by atoms with Crippen molar-refractivity contribution in [1.29, 1.82) is 0 Å². The predicted molar refractivity (Wildman–Crippen MR) is 63.7 cm³/mol. The topological polar surface area (TPSA) is 32.3 Å². The van der Waals surface area contributed by atoms with Crippen LogP contribution in [-0.2, 0) is 0 Å². The minimum atomic E-state index is -0.170. The first kappa shape index (κ1) is 13.1. The molecule has 1 aromatic carbocycles. The van der Waals surface area contributed by atoms with Crippen LogP contribution >= 0.6 is 0 Å². The molecule has 0 radical (unpaired) electrons. The zero-order valence-electron chi connectivity index (χ0n) is 9.91. The van der Waals surface area contributed by atoms with Gasteiger partial charge in [0.2, 0.25) is 0 Å². The number of nitrogens with one attached hydrogen (secondary N) is 1. The van der Waals surface area contributed by atoms with Gasteiger partial charge in [-0.2, -0.15) is 0 Å². The van der Waals surface area contributed by atoms with Crippen LogP contribution in [0.2, 0.25) is 0 Å². The van der Waals surface area contributed by atoms with Crippen molar-refractivity contribution in [3.8, 4) is 0 Å². The van der Waals surface area contributed by atoms with Gasteiger partial charge in [0.05, 0.1) is 0 Å². The van der Waals surface area contributed by atoms with Gasteiger partial charge in [-0.25, -0.2) is 4.39 Å². The molecule has 2 N–H and O–H groups in total. The van der Waals surface area contributed by atoms with Gasteiger partial charge in [-0.1, -0.05) is 18.2 Å². The Morgan fingerprint density at radius 2 is 2.00 bits per heavy atom. The molecule has 0 aliphatic carbocycles. The van der Waals surface area contributed by atoms with E-state index in [-0.39, 0.29) is 24.5 Å². The van der Waals surface area contributed by atoms with Crippen LogP contribution in [0.5, 0.6) is 0 Å². The smallest absolute Gasteiger partial charge is 0.127 e. The lowest BCUT2D eigenvalue weighted by atomic mass is 10.1. The minimum absolute atomic E-state index is 0.00473. The molecule has 0 aliphatic rings. The second-order valence-electron chi connectivity index (χ2n) is 4.18. The lowest BCUT2D eigenvalue weighted by Crippen LogP contribution is -2.29. The van der Waals surface area contributed by atoms with Crippen molar-refractivity contribution in [3.05, 3.63) is 35.6 Å². The predicted octanol–water partition coefficient (Wildman–Crippen LogP) is 2.64. The normalized spacial score (nSPS) is 14.8. The Balaban J connectivity index is 2.52. The number of rotatable bonds is 6. The summed E-state index contributed by atoms with van der Waals surface area (Å²) < 4.78 is 13.5. The van der Waals surface area contributed by atoms with Crippen molar-refractivity contribution in [1.82, 2.24) is 5.32 Å². The Labute approximate surface area is 96.5 Å². The zero-order valence-corrected chi connectivity index (χ0v) is 9.91. The van der Waals surface area contributed by atoms with Crippen molar-refractivity contribution in [2.75, 3.05) is 6.61 Å². The molecular weight excluding hydrogens is 205 g/mol. The third kappa shape index (κ3) is 3.91. The summed E-state index contributed by atoms with van der Waals surface area (Å²) in [5.74, 6) is -0.170. The van der Waals surface area contributed by atoms with Crippen molar-refractivity contribution >= 4 is 0 Å². The Morgan fingerprint density at radius 3 is 2.62 bits per heavy atom. The van der Waals surface area contributed by atoms with E-state index in [0.29, 0.717) is 5.56 Å². The van der Waals surface area contributed by atoms with Gasteiger partial charge in [0.25, 0.3) is 0 Å². The highest BCUT2D eigenvalue weighted by Crippen LogP contribution is 2.17. The van der Waals surface area contributed by atoms with Gasteiger partial charge in [-0.15, -0.1) is 0 Å². The molecule has 0 heterocycles. The van der Waals surface area contributed by atoms with E-state index >= 15 is 0 Å². The van der Waals surface area contributed by atoms with Crippen LogP contribution in [0.3, 0.4) is 0 Å². The average molecular weight is 225 g/mol. The van der Waals surface area contributed by atoms with Crippen LogP contribution in [0, 0.1) is 5.82 Å². The molecule has 0 aliphatic heterocycles. The monoisotopic (exact) mass is 225 g/mol. The maximum Gasteiger partial charge on any atom is 0.127 e. The van der Waals surface area contributed by atoms with Gasteiger partial charge in [-0.3, -0.25) is 0 Å². The van der Waals surface area contributed by atoms with Gasteiger partial charge in [-0.05, 0) is 32.8 Å². The molecule has 3 heteroatoms. The Kier molecular flexibility index (Phi) is 5.43. The van der Waals surface area contributed by atoms with Crippen molar-refractivity contribution < 1.29 is 9.50 Å². The fraction of sp³-hybridized carbons (Fsp3) is 0.538. The van der Waals surface area contributed by atoms with Gasteiger partial charge < -0.3 is 10.4 Å². The third-order valence-corrected chi connectivity index (χ3v) is 2.70. The molecule has 1 rings (SSSR count). The average Bonchev–Trinajstić information content (AvgIpc) is 2.26. The minimum Gasteiger partial charge on any atom is -0.396 e. The maximum absolute atomic E-state index is 13.5. The van der Waals surface area contributed by atoms with Crippen LogP contribution < -0.4 is 5.32 Å². The number of aliphatic hydroxyl groups is 1. The van der Waals surface area contributed by atoms with Gasteiger partial charge >= 0.3 is 0 Å². The Bertz CT molecular complexity index is 317. The Hall–Kier alpha value is -0.930. The molecule has 0 saturated carbocycles. The molecule has 2 atom stereocenters. The molecule has 2 unspecified atom stereocenters. The quantitative estimate of drug-likeness (QED) is 0.780. The number of halogens is 1. The summed E-state index contributed by atoms with van der Waals surface area (Å²) in [5, 5.41) is 12.0. The maximum atomic E-state index is 13.5. The molecule has 0 bridgehead atoms. The summed E-state index contributed by atoms with van der Waals surface area (Å²) in [4.78, 5) is 0. The first-order valence-corrected chi connectivity index (χ1v) is 5.76. The number of hydrogen-bond acceptors (Lipinski definition) is 2. The SMILES string of the molecule is CC(CCCO)NC(C)c1ccccc1F. The highest BCUT2D eigenvalue weighted by molar-refractivity contribution is 5.20. The summed E-state index contributed by atoms with van der Waals surface area (Å²) in [5.41, 5.74) is 0.693. The van der Waals surface area contributed by atoms with Crippen LogP contribution in [0.4, 0.5) is 4.39 Å². The highest BCUT2D eigenvalue weighted by atomic mass is 19.1. The fourth-order valence-electron chi connectivity index (χ4n) is 1.82. The van der Waals surface area contributed by atoms with E-state index in [1.807, 2.05) is 19.9 Å². The molecule has 0 saturated heterocycles. The Morgan fingerprint density at radius 1 is 1.31 bits per heavy atom. The molecular formula is C13H20FNO. The van der Waals surface area contributed by atoms with Crippen molar-refractivity contribution in [2.24, 2.45) is 0 Å². The molecule has 0 amide bonds. The number of hydrogen-bond donors (Lipinski definition) is 2. The van der Waals surface area contributed by atoms with Gasteiger partial charge in [0, 0.05) is 24.3 Å². The van der Waals surface area contributed by atoms with E-state index in [2.05, 4.69) is 5.32 Å². The van der Waals surface area contributed by atoms with Gasteiger partial charge in [0.15, 0.2) is 0 Å². The van der Waals surface area contributed by atoms with Crippen molar-refractivity contribution in [3.63, 3.8) is 0 Å². The largest absolute Gasteiger partial charge is 0.396 e. The highest BCUT2D eigenvalue weighted by Gasteiger charge is 2.12. The van der Waals surface area contributed by atoms with E-state index in [0.717, 1.165) is 12.8 Å². The third-order valence-electron chi connectivity index (χ3n) is 2.70. The van der Waals surface area contributed by atoms with Gasteiger partial charge in [0.1, 0.15) is 5.82 Å². The van der Waals surface area contributed by atoms with E-state index < -0.39 is 0 Å². The summed E-state index contributed by atoms with van der Waals surface area (Å²) in [6, 6.07) is 7.09. The summed E-state index contributed by atoms with van der Waals surface area (Å²) >= 11 is 0. The molecule has 1 aromatic rings. The van der Waals surface area contributed by atoms with E-state index in [9.17, 15) is 4.39 Å². The molecule has 0 spiro atoms. The first-order valence-electron chi connectivity index (χ1n) is 5.76. The number of benzene rings is 1. The molecule has 0 fully saturated rings. The number of aliphatic hydroxyl groups excluding tert-OH is 1. The standard InChI is InChI=1S/C13H20FNO/c1-10(6-5-9-16)15-11(2)12-7-3-4-8-13(12)14/h3-4,7-8,10-11,15-16H,5-6,9H2,1-2H3. The van der Waals surface area contributed by atoms with Crippen LogP contribution in [-0.4, -0.2) is 17.8 Å². The lowest BCUT2D eigenvalue weighted by molar-refractivity contribution is 0.274. The van der Waals surface area contributed by atoms with Crippen LogP contribution in [0.15, 0.2) is 24.3 Å². The second-order valence-corrected chi connectivity index (χ2v) is 4.18.